The van der Waals surface area contributed by atoms with Crippen LogP contribution in [0.2, 0.25) is 0 Å². The lowest BCUT2D eigenvalue weighted by Crippen LogP contribution is -2.43. The molecule has 1 aliphatic carbocycles. The Labute approximate surface area is 87.4 Å². The number of hydrogen-bond donors (Lipinski definition) is 1. The lowest BCUT2D eigenvalue weighted by atomic mass is 10.3. The monoisotopic (exact) mass is 197 g/mol. The molecule has 0 aromatic carbocycles. The highest BCUT2D eigenvalue weighted by atomic mass is 15.3. The van der Waals surface area contributed by atoms with E-state index in [0.29, 0.717) is 12.0 Å². The molecule has 0 amide bonds. The van der Waals surface area contributed by atoms with Gasteiger partial charge in [-0.05, 0) is 46.5 Å². The van der Waals surface area contributed by atoms with Crippen LogP contribution in [0, 0.1) is 5.92 Å². The standard InChI is InChI=1S/C11H23N3/c1-8(2)13-11(12)14(9(3)4)7-10-5-6-10/h8-10H,5-7H2,1-4H3,(H2,12,13). The molecule has 0 unspecified atom stereocenters. The Kier molecular flexibility index (Phi) is 3.78. The Bertz CT molecular complexity index is 205. The maximum Gasteiger partial charge on any atom is 0.191 e. The van der Waals surface area contributed by atoms with Gasteiger partial charge in [-0.3, -0.25) is 4.99 Å². The van der Waals surface area contributed by atoms with Gasteiger partial charge in [0.1, 0.15) is 0 Å². The Morgan fingerprint density at radius 3 is 2.29 bits per heavy atom. The van der Waals surface area contributed by atoms with Crippen LogP contribution in [-0.4, -0.2) is 29.5 Å². The van der Waals surface area contributed by atoms with Crippen molar-refractivity contribution in [3.05, 3.63) is 0 Å². The van der Waals surface area contributed by atoms with Gasteiger partial charge >= 0.3 is 0 Å². The minimum Gasteiger partial charge on any atom is -0.370 e. The van der Waals surface area contributed by atoms with Crippen molar-refractivity contribution in [2.75, 3.05) is 6.54 Å². The van der Waals surface area contributed by atoms with Crippen LogP contribution in [0.25, 0.3) is 0 Å². The molecule has 0 saturated heterocycles. The normalized spacial score (nSPS) is 18.0. The molecule has 0 aromatic rings. The van der Waals surface area contributed by atoms with E-state index in [1.807, 2.05) is 0 Å². The molecule has 14 heavy (non-hydrogen) atoms. The van der Waals surface area contributed by atoms with Crippen molar-refractivity contribution in [2.45, 2.75) is 52.6 Å². The van der Waals surface area contributed by atoms with Gasteiger partial charge in [0.15, 0.2) is 5.96 Å². The molecule has 1 rings (SSSR count). The summed E-state index contributed by atoms with van der Waals surface area (Å²) in [4.78, 5) is 6.62. The summed E-state index contributed by atoms with van der Waals surface area (Å²) < 4.78 is 0. The first-order valence-corrected chi connectivity index (χ1v) is 5.60. The summed E-state index contributed by atoms with van der Waals surface area (Å²) in [6.45, 7) is 9.54. The van der Waals surface area contributed by atoms with Crippen LogP contribution in [0.15, 0.2) is 4.99 Å². The third kappa shape index (κ3) is 3.56. The van der Waals surface area contributed by atoms with Crippen molar-refractivity contribution in [3.63, 3.8) is 0 Å². The minimum atomic E-state index is 0.287. The van der Waals surface area contributed by atoms with E-state index in [0.717, 1.165) is 12.5 Å². The Morgan fingerprint density at radius 1 is 1.36 bits per heavy atom. The van der Waals surface area contributed by atoms with E-state index in [1.165, 1.54) is 12.8 Å². The highest BCUT2D eigenvalue weighted by Crippen LogP contribution is 2.30. The molecule has 0 radical (unpaired) electrons. The molecule has 3 heteroatoms. The van der Waals surface area contributed by atoms with Gasteiger partial charge in [0.25, 0.3) is 0 Å². The van der Waals surface area contributed by atoms with Gasteiger partial charge in [-0.1, -0.05) is 0 Å². The van der Waals surface area contributed by atoms with Crippen molar-refractivity contribution in [3.8, 4) is 0 Å². The quantitative estimate of drug-likeness (QED) is 0.552. The first kappa shape index (κ1) is 11.3. The second kappa shape index (κ2) is 4.67. The first-order chi connectivity index (χ1) is 6.50. The SMILES string of the molecule is CC(C)N=C(N)N(CC1CC1)C(C)C. The van der Waals surface area contributed by atoms with E-state index >= 15 is 0 Å². The molecule has 1 fully saturated rings. The molecule has 0 aromatic heterocycles. The van der Waals surface area contributed by atoms with Gasteiger partial charge in [-0.25, -0.2) is 0 Å². The molecular weight excluding hydrogens is 174 g/mol. The highest BCUT2D eigenvalue weighted by molar-refractivity contribution is 5.78. The zero-order valence-corrected chi connectivity index (χ0v) is 9.83. The van der Waals surface area contributed by atoms with Gasteiger partial charge in [-0.2, -0.15) is 0 Å². The van der Waals surface area contributed by atoms with Crippen LogP contribution < -0.4 is 5.73 Å². The van der Waals surface area contributed by atoms with Crippen LogP contribution in [0.4, 0.5) is 0 Å². The molecule has 0 heterocycles. The molecule has 0 spiro atoms. The number of guanidine groups is 1. The highest BCUT2D eigenvalue weighted by Gasteiger charge is 2.26. The summed E-state index contributed by atoms with van der Waals surface area (Å²) in [6, 6.07) is 0.744. The number of nitrogens with two attached hydrogens (primary N) is 1. The number of nitrogens with zero attached hydrogens (tertiary/aromatic N) is 2. The van der Waals surface area contributed by atoms with Crippen molar-refractivity contribution in [1.29, 1.82) is 0 Å². The predicted molar refractivity (Wildman–Crippen MR) is 61.3 cm³/mol. The summed E-state index contributed by atoms with van der Waals surface area (Å²) >= 11 is 0. The summed E-state index contributed by atoms with van der Waals surface area (Å²) in [6.07, 6.45) is 2.72. The maximum atomic E-state index is 5.97. The fourth-order valence-corrected chi connectivity index (χ4v) is 1.49. The fraction of sp³-hybridized carbons (Fsp3) is 0.909. The number of rotatable bonds is 4. The van der Waals surface area contributed by atoms with Crippen LogP contribution in [0.5, 0.6) is 0 Å². The maximum absolute atomic E-state index is 5.97. The second-order valence-electron chi connectivity index (χ2n) is 4.77. The first-order valence-electron chi connectivity index (χ1n) is 5.60. The molecule has 3 nitrogen and oxygen atoms in total. The van der Waals surface area contributed by atoms with Crippen LogP contribution in [0.3, 0.4) is 0 Å². The molecule has 0 bridgehead atoms. The molecule has 1 saturated carbocycles. The van der Waals surface area contributed by atoms with E-state index in [2.05, 4.69) is 37.6 Å². The lowest BCUT2D eigenvalue weighted by Gasteiger charge is -2.28. The molecule has 0 atom stereocenters. The molecule has 82 valence electrons. The topological polar surface area (TPSA) is 41.6 Å². The average molecular weight is 197 g/mol. The van der Waals surface area contributed by atoms with Gasteiger partial charge in [0.2, 0.25) is 0 Å². The van der Waals surface area contributed by atoms with Crippen LogP contribution in [0.1, 0.15) is 40.5 Å². The molecular formula is C11H23N3. The van der Waals surface area contributed by atoms with Crippen molar-refractivity contribution in [1.82, 2.24) is 4.90 Å². The van der Waals surface area contributed by atoms with Crippen LogP contribution in [-0.2, 0) is 0 Å². The van der Waals surface area contributed by atoms with Gasteiger partial charge in [0, 0.05) is 18.6 Å². The van der Waals surface area contributed by atoms with E-state index in [9.17, 15) is 0 Å². The Hall–Kier alpha value is -0.730. The van der Waals surface area contributed by atoms with Gasteiger partial charge < -0.3 is 10.6 Å². The summed E-state index contributed by atoms with van der Waals surface area (Å²) in [7, 11) is 0. The largest absolute Gasteiger partial charge is 0.370 e. The van der Waals surface area contributed by atoms with E-state index in [-0.39, 0.29) is 6.04 Å². The van der Waals surface area contributed by atoms with Crippen molar-refractivity contribution < 1.29 is 0 Å². The van der Waals surface area contributed by atoms with Gasteiger partial charge in [-0.15, -0.1) is 0 Å². The Balaban J connectivity index is 2.55. The molecule has 1 aliphatic rings. The van der Waals surface area contributed by atoms with Crippen molar-refractivity contribution in [2.24, 2.45) is 16.6 Å². The number of aliphatic imine (C=N–C) groups is 1. The van der Waals surface area contributed by atoms with E-state index in [1.54, 1.807) is 0 Å². The summed E-state index contributed by atoms with van der Waals surface area (Å²) in [5.41, 5.74) is 5.97. The molecule has 0 aliphatic heterocycles. The lowest BCUT2D eigenvalue weighted by molar-refractivity contribution is 0.330. The summed E-state index contributed by atoms with van der Waals surface area (Å²) in [5.74, 6) is 1.57. The zero-order chi connectivity index (χ0) is 10.7. The zero-order valence-electron chi connectivity index (χ0n) is 9.83. The van der Waals surface area contributed by atoms with E-state index in [4.69, 9.17) is 5.73 Å². The fourth-order valence-electron chi connectivity index (χ4n) is 1.49. The second-order valence-corrected chi connectivity index (χ2v) is 4.77. The minimum absolute atomic E-state index is 0.287. The summed E-state index contributed by atoms with van der Waals surface area (Å²) in [5, 5.41) is 0. The van der Waals surface area contributed by atoms with Gasteiger partial charge in [0.05, 0.1) is 0 Å². The Morgan fingerprint density at radius 2 is 1.93 bits per heavy atom. The predicted octanol–water partition coefficient (Wildman–Crippen LogP) is 1.83. The van der Waals surface area contributed by atoms with Crippen LogP contribution >= 0.6 is 0 Å². The van der Waals surface area contributed by atoms with E-state index < -0.39 is 0 Å². The third-order valence-electron chi connectivity index (χ3n) is 2.46. The number of hydrogen-bond acceptors (Lipinski definition) is 1. The smallest absolute Gasteiger partial charge is 0.191 e. The average Bonchev–Trinajstić information content (AvgIpc) is 2.80. The van der Waals surface area contributed by atoms with Crippen molar-refractivity contribution >= 4 is 5.96 Å². The third-order valence-corrected chi connectivity index (χ3v) is 2.46. The molecule has 2 N–H and O–H groups in total.